The van der Waals surface area contributed by atoms with Crippen LogP contribution < -0.4 is 5.73 Å². The normalized spacial score (nSPS) is 28.7. The Kier molecular flexibility index (Phi) is 2.77. The number of imidazole rings is 1. The average Bonchev–Trinajstić information content (AvgIpc) is 2.63. The molecule has 1 aliphatic carbocycles. The van der Waals surface area contributed by atoms with Gasteiger partial charge in [0.05, 0.1) is 11.0 Å². The molecule has 1 aromatic carbocycles. The molecule has 0 saturated heterocycles. The fourth-order valence-corrected chi connectivity index (χ4v) is 3.56. The number of fused-ring (bicyclic) bond motifs is 1. The Hall–Kier alpha value is -1.51. The summed E-state index contributed by atoms with van der Waals surface area (Å²) in [6.07, 6.45) is 3.77. The number of nitrogens with two attached hydrogens (primary N) is 1. The number of nitrogens with zero attached hydrogens (tertiary/aromatic N) is 2. The quantitative estimate of drug-likeness (QED) is 0.831. The standard InChI is InChI=1S/C15H21N3/c1-10-7-11(2)9-12(8-10)18-14-6-4-3-5-13(14)17-15(18)16/h3-6,10-12H,7-9H2,1-2H3,(H2,16,17). The number of benzene rings is 1. The van der Waals surface area contributed by atoms with E-state index in [1.807, 2.05) is 12.1 Å². The molecular formula is C15H21N3. The number of hydrogen-bond acceptors (Lipinski definition) is 2. The monoisotopic (exact) mass is 243 g/mol. The van der Waals surface area contributed by atoms with Crippen molar-refractivity contribution in [3.63, 3.8) is 0 Å². The van der Waals surface area contributed by atoms with Crippen LogP contribution in [0.15, 0.2) is 24.3 Å². The van der Waals surface area contributed by atoms with Crippen LogP contribution in [0.1, 0.15) is 39.2 Å². The minimum atomic E-state index is 0.510. The van der Waals surface area contributed by atoms with Crippen molar-refractivity contribution in [3.8, 4) is 0 Å². The topological polar surface area (TPSA) is 43.8 Å². The van der Waals surface area contributed by atoms with Gasteiger partial charge in [0, 0.05) is 6.04 Å². The molecule has 2 atom stereocenters. The van der Waals surface area contributed by atoms with Gasteiger partial charge in [0.2, 0.25) is 5.95 Å². The molecule has 1 saturated carbocycles. The third kappa shape index (κ3) is 1.88. The van der Waals surface area contributed by atoms with Gasteiger partial charge in [0.15, 0.2) is 0 Å². The Bertz CT molecular complexity index is 548. The lowest BCUT2D eigenvalue weighted by Gasteiger charge is -2.33. The fraction of sp³-hybridized carbons (Fsp3) is 0.533. The molecule has 1 aliphatic rings. The third-order valence-corrected chi connectivity index (χ3v) is 4.14. The predicted molar refractivity (Wildman–Crippen MR) is 75.4 cm³/mol. The van der Waals surface area contributed by atoms with E-state index in [0.29, 0.717) is 12.0 Å². The highest BCUT2D eigenvalue weighted by molar-refractivity contribution is 5.78. The number of hydrogen-bond donors (Lipinski definition) is 1. The molecule has 0 aliphatic heterocycles. The molecule has 0 amide bonds. The van der Waals surface area contributed by atoms with Crippen LogP contribution in [-0.4, -0.2) is 9.55 Å². The smallest absolute Gasteiger partial charge is 0.201 e. The second-order valence-electron chi connectivity index (χ2n) is 5.90. The van der Waals surface area contributed by atoms with Crippen LogP contribution in [-0.2, 0) is 0 Å². The van der Waals surface area contributed by atoms with Crippen molar-refractivity contribution in [2.24, 2.45) is 11.8 Å². The first-order chi connectivity index (χ1) is 8.65. The highest BCUT2D eigenvalue weighted by Crippen LogP contribution is 2.38. The summed E-state index contributed by atoms with van der Waals surface area (Å²) in [6, 6.07) is 8.76. The van der Waals surface area contributed by atoms with Gasteiger partial charge in [-0.25, -0.2) is 4.98 Å². The van der Waals surface area contributed by atoms with E-state index < -0.39 is 0 Å². The Morgan fingerprint density at radius 2 is 1.78 bits per heavy atom. The van der Waals surface area contributed by atoms with Crippen molar-refractivity contribution in [2.45, 2.75) is 39.2 Å². The van der Waals surface area contributed by atoms with E-state index in [0.717, 1.165) is 17.4 Å². The lowest BCUT2D eigenvalue weighted by molar-refractivity contribution is 0.226. The van der Waals surface area contributed by atoms with Crippen LogP contribution in [0.3, 0.4) is 0 Å². The molecule has 3 nitrogen and oxygen atoms in total. The molecule has 3 heteroatoms. The van der Waals surface area contributed by atoms with Crippen LogP contribution in [0.5, 0.6) is 0 Å². The Morgan fingerprint density at radius 1 is 1.11 bits per heavy atom. The zero-order valence-corrected chi connectivity index (χ0v) is 11.1. The van der Waals surface area contributed by atoms with Gasteiger partial charge in [-0.05, 0) is 43.2 Å². The second kappa shape index (κ2) is 4.30. The van der Waals surface area contributed by atoms with Crippen LogP contribution in [0.4, 0.5) is 5.95 Å². The SMILES string of the molecule is CC1CC(C)CC(n2c(N)nc3ccccc32)C1. The highest BCUT2D eigenvalue weighted by Gasteiger charge is 2.27. The van der Waals surface area contributed by atoms with Crippen molar-refractivity contribution in [3.05, 3.63) is 24.3 Å². The predicted octanol–water partition coefficient (Wildman–Crippen LogP) is 3.62. The third-order valence-electron chi connectivity index (χ3n) is 4.14. The number of nitrogen functional groups attached to an aromatic ring is 1. The van der Waals surface area contributed by atoms with E-state index in [2.05, 4.69) is 35.5 Å². The first-order valence-electron chi connectivity index (χ1n) is 6.87. The van der Waals surface area contributed by atoms with Gasteiger partial charge >= 0.3 is 0 Å². The summed E-state index contributed by atoms with van der Waals surface area (Å²) in [7, 11) is 0. The lowest BCUT2D eigenvalue weighted by atomic mass is 9.80. The summed E-state index contributed by atoms with van der Waals surface area (Å²) in [5.41, 5.74) is 8.32. The number of aromatic nitrogens is 2. The van der Waals surface area contributed by atoms with E-state index in [9.17, 15) is 0 Å². The van der Waals surface area contributed by atoms with E-state index in [1.165, 1.54) is 24.8 Å². The maximum absolute atomic E-state index is 6.13. The molecule has 96 valence electrons. The van der Waals surface area contributed by atoms with E-state index >= 15 is 0 Å². The van der Waals surface area contributed by atoms with E-state index in [1.54, 1.807) is 0 Å². The van der Waals surface area contributed by atoms with Gasteiger partial charge in [-0.15, -0.1) is 0 Å². The first-order valence-corrected chi connectivity index (χ1v) is 6.87. The number of anilines is 1. The fourth-order valence-electron chi connectivity index (χ4n) is 3.56. The maximum atomic E-state index is 6.13. The average molecular weight is 243 g/mol. The van der Waals surface area contributed by atoms with E-state index in [4.69, 9.17) is 5.73 Å². The zero-order valence-electron chi connectivity index (χ0n) is 11.1. The maximum Gasteiger partial charge on any atom is 0.201 e. The summed E-state index contributed by atoms with van der Waals surface area (Å²) >= 11 is 0. The molecule has 2 unspecified atom stereocenters. The zero-order chi connectivity index (χ0) is 12.7. The molecular weight excluding hydrogens is 222 g/mol. The minimum Gasteiger partial charge on any atom is -0.369 e. The molecule has 0 spiro atoms. The molecule has 2 aromatic rings. The van der Waals surface area contributed by atoms with Crippen molar-refractivity contribution in [1.82, 2.24) is 9.55 Å². The molecule has 0 radical (unpaired) electrons. The lowest BCUT2D eigenvalue weighted by Crippen LogP contribution is -2.23. The number of para-hydroxylation sites is 2. The Morgan fingerprint density at radius 3 is 2.50 bits per heavy atom. The highest BCUT2D eigenvalue weighted by atomic mass is 15.2. The van der Waals surface area contributed by atoms with Gasteiger partial charge in [-0.2, -0.15) is 0 Å². The molecule has 2 N–H and O–H groups in total. The summed E-state index contributed by atoms with van der Waals surface area (Å²) in [5, 5.41) is 0. The molecule has 0 bridgehead atoms. The van der Waals surface area contributed by atoms with Crippen molar-refractivity contribution >= 4 is 17.0 Å². The summed E-state index contributed by atoms with van der Waals surface area (Å²) < 4.78 is 2.25. The largest absolute Gasteiger partial charge is 0.369 e. The van der Waals surface area contributed by atoms with Crippen LogP contribution in [0, 0.1) is 11.8 Å². The van der Waals surface area contributed by atoms with Gasteiger partial charge in [-0.3, -0.25) is 0 Å². The van der Waals surface area contributed by atoms with Crippen LogP contribution in [0.2, 0.25) is 0 Å². The summed E-state index contributed by atoms with van der Waals surface area (Å²) in [5.74, 6) is 2.22. The molecule has 1 aromatic heterocycles. The first kappa shape index (κ1) is 11.6. The van der Waals surface area contributed by atoms with Crippen LogP contribution in [0.25, 0.3) is 11.0 Å². The van der Waals surface area contributed by atoms with Crippen molar-refractivity contribution in [2.75, 3.05) is 5.73 Å². The van der Waals surface area contributed by atoms with Crippen molar-refractivity contribution < 1.29 is 0 Å². The van der Waals surface area contributed by atoms with Crippen molar-refractivity contribution in [1.29, 1.82) is 0 Å². The van der Waals surface area contributed by atoms with Gasteiger partial charge in [-0.1, -0.05) is 26.0 Å². The molecule has 18 heavy (non-hydrogen) atoms. The molecule has 3 rings (SSSR count). The summed E-state index contributed by atoms with van der Waals surface area (Å²) in [4.78, 5) is 4.48. The van der Waals surface area contributed by atoms with Gasteiger partial charge in [0.25, 0.3) is 0 Å². The second-order valence-corrected chi connectivity index (χ2v) is 5.90. The molecule has 1 heterocycles. The summed E-state index contributed by atoms with van der Waals surface area (Å²) in [6.45, 7) is 4.69. The van der Waals surface area contributed by atoms with Crippen LogP contribution >= 0.6 is 0 Å². The van der Waals surface area contributed by atoms with Gasteiger partial charge < -0.3 is 10.3 Å². The Labute approximate surface area is 108 Å². The number of rotatable bonds is 1. The van der Waals surface area contributed by atoms with E-state index in [-0.39, 0.29) is 0 Å². The van der Waals surface area contributed by atoms with Gasteiger partial charge in [0.1, 0.15) is 0 Å². The minimum absolute atomic E-state index is 0.510. The molecule has 1 fully saturated rings. The Balaban J connectivity index is 2.05.